The van der Waals surface area contributed by atoms with Gasteiger partial charge >= 0.3 is 0 Å². The van der Waals surface area contributed by atoms with Gasteiger partial charge in [-0.2, -0.15) is 0 Å². The van der Waals surface area contributed by atoms with E-state index in [0.29, 0.717) is 0 Å². The van der Waals surface area contributed by atoms with Gasteiger partial charge in [-0.1, -0.05) is 68.5 Å². The molecule has 2 heterocycles. The average Bonchev–Trinajstić information content (AvgIpc) is 3.29. The standard InChI is InChI=1S/C24H27N3/c25-20-12-10-19(11-13-20)24(15-14-18-6-2-1-3-7-18)22-9-5-4-8-21(22)23-26-16-17-27(23)24/h4-5,8-13,16-18H,1-3,6-7,14-15,25H2. The molecule has 0 bridgehead atoms. The number of nitrogens with zero attached hydrogens (tertiary/aromatic N) is 2. The normalized spacial score (nSPS) is 21.8. The van der Waals surface area contributed by atoms with Gasteiger partial charge in [-0.25, -0.2) is 4.98 Å². The summed E-state index contributed by atoms with van der Waals surface area (Å²) in [5.41, 5.74) is 10.6. The van der Waals surface area contributed by atoms with E-state index in [-0.39, 0.29) is 5.54 Å². The fourth-order valence-electron chi connectivity index (χ4n) is 5.32. The van der Waals surface area contributed by atoms with Gasteiger partial charge in [-0.3, -0.25) is 0 Å². The lowest BCUT2D eigenvalue weighted by Crippen LogP contribution is -2.33. The van der Waals surface area contributed by atoms with Crippen LogP contribution in [0.1, 0.15) is 56.1 Å². The summed E-state index contributed by atoms with van der Waals surface area (Å²) in [6.45, 7) is 0. The summed E-state index contributed by atoms with van der Waals surface area (Å²) >= 11 is 0. The zero-order valence-corrected chi connectivity index (χ0v) is 15.8. The second kappa shape index (κ2) is 6.56. The number of rotatable bonds is 4. The molecule has 2 aliphatic rings. The molecule has 0 saturated heterocycles. The number of nitrogens with two attached hydrogens (primary N) is 1. The monoisotopic (exact) mass is 357 g/mol. The fourth-order valence-corrected chi connectivity index (χ4v) is 5.32. The Hall–Kier alpha value is -2.55. The molecule has 3 nitrogen and oxygen atoms in total. The molecule has 5 rings (SSSR count). The molecule has 2 aromatic carbocycles. The number of anilines is 1. The molecule has 1 aliphatic heterocycles. The van der Waals surface area contributed by atoms with E-state index in [4.69, 9.17) is 10.7 Å². The first-order valence-electron chi connectivity index (χ1n) is 10.3. The van der Waals surface area contributed by atoms with Gasteiger partial charge < -0.3 is 10.3 Å². The molecule has 138 valence electrons. The SMILES string of the molecule is Nc1ccc(C2(CCC3CCCCC3)c3ccccc3-c3nccn32)cc1. The van der Waals surface area contributed by atoms with E-state index >= 15 is 0 Å². The second-order valence-corrected chi connectivity index (χ2v) is 8.19. The summed E-state index contributed by atoms with van der Waals surface area (Å²) < 4.78 is 2.41. The highest BCUT2D eigenvalue weighted by atomic mass is 15.2. The minimum atomic E-state index is -0.173. The number of hydrogen-bond donors (Lipinski definition) is 1. The van der Waals surface area contributed by atoms with Crippen LogP contribution in [0.15, 0.2) is 60.9 Å². The van der Waals surface area contributed by atoms with Crippen LogP contribution < -0.4 is 5.73 Å². The number of nitrogen functional groups attached to an aromatic ring is 1. The Morgan fingerprint density at radius 3 is 2.59 bits per heavy atom. The Kier molecular flexibility index (Phi) is 4.04. The fraction of sp³-hybridized carbons (Fsp3) is 0.375. The zero-order chi connectivity index (χ0) is 18.3. The van der Waals surface area contributed by atoms with Crippen LogP contribution in [0.5, 0.6) is 0 Å². The molecule has 1 aromatic heterocycles. The van der Waals surface area contributed by atoms with Crippen molar-refractivity contribution >= 4 is 5.69 Å². The van der Waals surface area contributed by atoms with Crippen molar-refractivity contribution in [2.75, 3.05) is 5.73 Å². The quantitative estimate of drug-likeness (QED) is 0.618. The van der Waals surface area contributed by atoms with Crippen LogP contribution in [0.2, 0.25) is 0 Å². The topological polar surface area (TPSA) is 43.8 Å². The van der Waals surface area contributed by atoms with Gasteiger partial charge in [-0.15, -0.1) is 0 Å². The molecule has 0 amide bonds. The van der Waals surface area contributed by atoms with Gasteiger partial charge in [0.1, 0.15) is 5.82 Å². The molecule has 1 aliphatic carbocycles. The van der Waals surface area contributed by atoms with Gasteiger partial charge in [0.15, 0.2) is 0 Å². The minimum Gasteiger partial charge on any atom is -0.399 e. The third kappa shape index (κ3) is 2.60. The summed E-state index contributed by atoms with van der Waals surface area (Å²) in [7, 11) is 0. The largest absolute Gasteiger partial charge is 0.399 e. The highest BCUT2D eigenvalue weighted by molar-refractivity contribution is 5.71. The number of imidazole rings is 1. The second-order valence-electron chi connectivity index (χ2n) is 8.19. The Labute approximate surface area is 161 Å². The molecule has 1 saturated carbocycles. The van der Waals surface area contributed by atoms with Crippen molar-refractivity contribution < 1.29 is 0 Å². The van der Waals surface area contributed by atoms with E-state index in [1.54, 1.807) is 0 Å². The van der Waals surface area contributed by atoms with Crippen molar-refractivity contribution in [1.82, 2.24) is 9.55 Å². The van der Waals surface area contributed by atoms with E-state index in [2.05, 4.69) is 47.2 Å². The maximum atomic E-state index is 6.01. The third-order valence-corrected chi connectivity index (χ3v) is 6.69. The van der Waals surface area contributed by atoms with Crippen molar-refractivity contribution in [2.24, 2.45) is 5.92 Å². The van der Waals surface area contributed by atoms with Crippen molar-refractivity contribution in [3.05, 3.63) is 72.1 Å². The van der Waals surface area contributed by atoms with Crippen LogP contribution in [-0.4, -0.2) is 9.55 Å². The Morgan fingerprint density at radius 2 is 1.78 bits per heavy atom. The Balaban J connectivity index is 1.64. The number of hydrogen-bond acceptors (Lipinski definition) is 2. The molecule has 1 fully saturated rings. The summed E-state index contributed by atoms with van der Waals surface area (Å²) in [6, 6.07) is 17.3. The molecule has 1 atom stereocenters. The smallest absolute Gasteiger partial charge is 0.141 e. The average molecular weight is 358 g/mol. The van der Waals surface area contributed by atoms with Crippen molar-refractivity contribution in [3.63, 3.8) is 0 Å². The molecule has 3 aromatic rings. The van der Waals surface area contributed by atoms with E-state index in [1.165, 1.54) is 55.2 Å². The molecule has 1 unspecified atom stereocenters. The number of fused-ring (bicyclic) bond motifs is 3. The Bertz CT molecular complexity index is 934. The predicted molar refractivity (Wildman–Crippen MR) is 111 cm³/mol. The Morgan fingerprint density at radius 1 is 1.00 bits per heavy atom. The molecule has 27 heavy (non-hydrogen) atoms. The number of benzene rings is 2. The molecular formula is C24H27N3. The van der Waals surface area contributed by atoms with Crippen LogP contribution in [0.4, 0.5) is 5.69 Å². The summed E-state index contributed by atoms with van der Waals surface area (Å²) in [5, 5.41) is 0. The van der Waals surface area contributed by atoms with E-state index in [9.17, 15) is 0 Å². The molecule has 3 heteroatoms. The van der Waals surface area contributed by atoms with E-state index < -0.39 is 0 Å². The third-order valence-electron chi connectivity index (χ3n) is 6.69. The van der Waals surface area contributed by atoms with Crippen LogP contribution in [-0.2, 0) is 5.54 Å². The summed E-state index contributed by atoms with van der Waals surface area (Å²) in [4.78, 5) is 4.71. The number of aromatic nitrogens is 2. The van der Waals surface area contributed by atoms with Crippen molar-refractivity contribution in [1.29, 1.82) is 0 Å². The van der Waals surface area contributed by atoms with Crippen molar-refractivity contribution in [3.8, 4) is 11.4 Å². The van der Waals surface area contributed by atoms with Gasteiger partial charge in [0.05, 0.1) is 5.54 Å². The van der Waals surface area contributed by atoms with Gasteiger partial charge in [0, 0.05) is 23.6 Å². The highest BCUT2D eigenvalue weighted by Gasteiger charge is 2.44. The molecular weight excluding hydrogens is 330 g/mol. The lowest BCUT2D eigenvalue weighted by Gasteiger charge is -2.35. The lowest BCUT2D eigenvalue weighted by molar-refractivity contribution is 0.292. The first-order valence-corrected chi connectivity index (χ1v) is 10.3. The first kappa shape index (κ1) is 16.6. The molecule has 0 spiro atoms. The van der Waals surface area contributed by atoms with Crippen LogP contribution in [0.25, 0.3) is 11.4 Å². The molecule has 0 radical (unpaired) electrons. The molecule has 2 N–H and O–H groups in total. The minimum absolute atomic E-state index is 0.173. The van der Waals surface area contributed by atoms with E-state index in [0.717, 1.165) is 23.9 Å². The van der Waals surface area contributed by atoms with E-state index in [1.807, 2.05) is 18.3 Å². The predicted octanol–water partition coefficient (Wildman–Crippen LogP) is 5.60. The first-order chi connectivity index (χ1) is 13.3. The van der Waals surface area contributed by atoms with Crippen LogP contribution in [0, 0.1) is 5.92 Å². The van der Waals surface area contributed by atoms with Gasteiger partial charge in [0.2, 0.25) is 0 Å². The van der Waals surface area contributed by atoms with Gasteiger partial charge in [0.25, 0.3) is 0 Å². The maximum absolute atomic E-state index is 6.01. The van der Waals surface area contributed by atoms with Crippen LogP contribution in [0.3, 0.4) is 0 Å². The van der Waals surface area contributed by atoms with Crippen LogP contribution >= 0.6 is 0 Å². The summed E-state index contributed by atoms with van der Waals surface area (Å²) in [5.74, 6) is 1.94. The van der Waals surface area contributed by atoms with Crippen molar-refractivity contribution in [2.45, 2.75) is 50.5 Å². The lowest BCUT2D eigenvalue weighted by atomic mass is 9.75. The summed E-state index contributed by atoms with van der Waals surface area (Å²) in [6.07, 6.45) is 13.4. The van der Waals surface area contributed by atoms with Gasteiger partial charge in [-0.05, 0) is 42.0 Å². The zero-order valence-electron chi connectivity index (χ0n) is 15.8. The maximum Gasteiger partial charge on any atom is 0.141 e. The highest BCUT2D eigenvalue weighted by Crippen LogP contribution is 2.50.